The summed E-state index contributed by atoms with van der Waals surface area (Å²) in [6.07, 6.45) is -4.76. The Morgan fingerprint density at radius 1 is 0.763 bits per heavy atom. The molecule has 0 saturated heterocycles. The molecular weight excluding hydrogens is 497 g/mol. The maximum absolute atomic E-state index is 13.9. The molecule has 0 atom stereocenters. The summed E-state index contributed by atoms with van der Waals surface area (Å²) >= 11 is 0. The van der Waals surface area contributed by atoms with Crippen LogP contribution >= 0.6 is 0 Å². The highest BCUT2D eigenvalue weighted by Crippen LogP contribution is 2.41. The molecule has 0 fully saturated rings. The molecule has 0 radical (unpaired) electrons. The molecule has 5 rings (SSSR count). The maximum Gasteiger partial charge on any atom is 0.419 e. The Bertz CT molecular complexity index is 1630. The third kappa shape index (κ3) is 5.34. The van der Waals surface area contributed by atoms with Crippen LogP contribution in [-0.4, -0.2) is 5.11 Å². The van der Waals surface area contributed by atoms with E-state index in [-0.39, 0.29) is 41.3 Å². The summed E-state index contributed by atoms with van der Waals surface area (Å²) in [5.74, 6) is -1.17. The number of hydrogen-bond acceptors (Lipinski definition) is 5. The van der Waals surface area contributed by atoms with Crippen LogP contribution in [0.15, 0.2) is 106 Å². The molecule has 0 aliphatic carbocycles. The first-order valence-electron chi connectivity index (χ1n) is 11.6. The highest BCUT2D eigenvalue weighted by molar-refractivity contribution is 5.83. The zero-order chi connectivity index (χ0) is 26.7. The van der Waals surface area contributed by atoms with E-state index >= 15 is 0 Å². The highest BCUT2D eigenvalue weighted by Gasteiger charge is 2.35. The van der Waals surface area contributed by atoms with Crippen LogP contribution < -0.4 is 14.9 Å². The van der Waals surface area contributed by atoms with Gasteiger partial charge in [-0.05, 0) is 41.5 Å². The van der Waals surface area contributed by atoms with Gasteiger partial charge in [0.2, 0.25) is 11.2 Å². The van der Waals surface area contributed by atoms with Crippen LogP contribution in [0.3, 0.4) is 0 Å². The Kier molecular flexibility index (Phi) is 6.79. The first kappa shape index (κ1) is 25.0. The number of halogens is 3. The van der Waals surface area contributed by atoms with Crippen molar-refractivity contribution in [1.82, 2.24) is 0 Å². The molecule has 1 N–H and O–H groups in total. The van der Waals surface area contributed by atoms with Gasteiger partial charge in [0.1, 0.15) is 30.3 Å². The average Bonchev–Trinajstić information content (AvgIpc) is 2.93. The fourth-order valence-electron chi connectivity index (χ4n) is 3.94. The van der Waals surface area contributed by atoms with Gasteiger partial charge in [-0.1, -0.05) is 60.7 Å². The fourth-order valence-corrected chi connectivity index (χ4v) is 3.94. The molecule has 0 spiro atoms. The van der Waals surface area contributed by atoms with Crippen molar-refractivity contribution < 1.29 is 32.2 Å². The molecule has 1 heterocycles. The van der Waals surface area contributed by atoms with Gasteiger partial charge in [-0.15, -0.1) is 0 Å². The fraction of sp³-hybridized carbons (Fsp3) is 0.100. The number of benzene rings is 4. The molecule has 1 aromatic heterocycles. The van der Waals surface area contributed by atoms with Crippen LogP contribution in [0.1, 0.15) is 16.7 Å². The molecule has 0 saturated carbocycles. The molecule has 5 nitrogen and oxygen atoms in total. The van der Waals surface area contributed by atoms with Crippen molar-refractivity contribution in [2.75, 3.05) is 0 Å². The topological polar surface area (TPSA) is 68.9 Å². The van der Waals surface area contributed by atoms with Gasteiger partial charge in [0.05, 0.1) is 10.9 Å². The second-order valence-corrected chi connectivity index (χ2v) is 8.52. The van der Waals surface area contributed by atoms with Crippen molar-refractivity contribution in [3.8, 4) is 28.6 Å². The molecule has 38 heavy (non-hydrogen) atoms. The summed E-state index contributed by atoms with van der Waals surface area (Å²) in [6.45, 7) is 0.201. The van der Waals surface area contributed by atoms with Gasteiger partial charge >= 0.3 is 6.18 Å². The van der Waals surface area contributed by atoms with Crippen LogP contribution in [0.2, 0.25) is 0 Å². The number of alkyl halides is 3. The second-order valence-electron chi connectivity index (χ2n) is 8.52. The zero-order valence-corrected chi connectivity index (χ0v) is 19.9. The molecule has 5 aromatic rings. The van der Waals surface area contributed by atoms with Crippen LogP contribution in [0.5, 0.6) is 17.2 Å². The molecule has 0 bridgehead atoms. The first-order chi connectivity index (χ1) is 18.3. The Morgan fingerprint density at radius 3 is 2.03 bits per heavy atom. The SMILES string of the molecule is O=c1c(O)c(-c2ccc(OCc3ccccc3)c(C(F)(F)F)c2)oc2cc(OCc3ccccc3)ccc12. The molecule has 0 aliphatic rings. The third-order valence-electron chi connectivity index (χ3n) is 5.87. The lowest BCUT2D eigenvalue weighted by molar-refractivity contribution is -0.139. The van der Waals surface area contributed by atoms with Crippen molar-refractivity contribution in [2.24, 2.45) is 0 Å². The Balaban J connectivity index is 1.49. The zero-order valence-electron chi connectivity index (χ0n) is 19.9. The Hall–Kier alpha value is -4.72. The maximum atomic E-state index is 13.9. The van der Waals surface area contributed by atoms with E-state index in [0.717, 1.165) is 17.7 Å². The number of rotatable bonds is 7. The summed E-state index contributed by atoms with van der Waals surface area (Å²) < 4.78 is 58.8. The smallest absolute Gasteiger partial charge is 0.419 e. The summed E-state index contributed by atoms with van der Waals surface area (Å²) in [6, 6.07) is 25.9. The van der Waals surface area contributed by atoms with Crippen molar-refractivity contribution in [3.63, 3.8) is 0 Å². The highest BCUT2D eigenvalue weighted by atomic mass is 19.4. The minimum atomic E-state index is -4.76. The predicted octanol–water partition coefficient (Wildman–Crippen LogP) is 7.34. The summed E-state index contributed by atoms with van der Waals surface area (Å²) in [5, 5.41) is 10.6. The van der Waals surface area contributed by atoms with Gasteiger partial charge in [0.25, 0.3) is 0 Å². The van der Waals surface area contributed by atoms with E-state index in [9.17, 15) is 23.1 Å². The standard InChI is InChI=1S/C30H21F3O5/c31-30(32,33)24-15-21(11-14-25(24)37-18-20-9-5-2-6-10-20)29-28(35)27(34)23-13-12-22(16-26(23)38-29)36-17-19-7-3-1-4-8-19/h1-16,35H,17-18H2. The Morgan fingerprint density at radius 2 is 1.39 bits per heavy atom. The lowest BCUT2D eigenvalue weighted by Crippen LogP contribution is -2.09. The average molecular weight is 518 g/mol. The molecule has 0 amide bonds. The number of aromatic hydroxyl groups is 1. The van der Waals surface area contributed by atoms with Crippen molar-refractivity contribution >= 4 is 11.0 Å². The van der Waals surface area contributed by atoms with E-state index in [0.29, 0.717) is 11.3 Å². The van der Waals surface area contributed by atoms with E-state index in [1.807, 2.05) is 30.3 Å². The van der Waals surface area contributed by atoms with E-state index in [1.54, 1.807) is 36.4 Å². The van der Waals surface area contributed by atoms with Gasteiger partial charge in [0.15, 0.2) is 5.76 Å². The molecular formula is C30H21F3O5. The normalized spacial score (nSPS) is 11.4. The van der Waals surface area contributed by atoms with Gasteiger partial charge < -0.3 is 19.0 Å². The summed E-state index contributed by atoms with van der Waals surface area (Å²) in [5.41, 5.74) is -0.271. The summed E-state index contributed by atoms with van der Waals surface area (Å²) in [4.78, 5) is 12.8. The van der Waals surface area contributed by atoms with Gasteiger partial charge in [0, 0.05) is 11.6 Å². The van der Waals surface area contributed by atoms with Crippen LogP contribution in [-0.2, 0) is 19.4 Å². The first-order valence-corrected chi connectivity index (χ1v) is 11.6. The van der Waals surface area contributed by atoms with Crippen LogP contribution in [0, 0.1) is 0 Å². The number of ether oxygens (including phenoxy) is 2. The lowest BCUT2D eigenvalue weighted by Gasteiger charge is -2.16. The molecule has 4 aromatic carbocycles. The van der Waals surface area contributed by atoms with Crippen LogP contribution in [0.4, 0.5) is 13.2 Å². The molecule has 8 heteroatoms. The molecule has 0 unspecified atom stereocenters. The van der Waals surface area contributed by atoms with E-state index in [2.05, 4.69) is 0 Å². The minimum Gasteiger partial charge on any atom is -0.502 e. The van der Waals surface area contributed by atoms with Crippen molar-refractivity contribution in [1.29, 1.82) is 0 Å². The second kappa shape index (κ2) is 10.3. The third-order valence-corrected chi connectivity index (χ3v) is 5.87. The van der Waals surface area contributed by atoms with Gasteiger partial charge in [-0.3, -0.25) is 4.79 Å². The minimum absolute atomic E-state index is 0.0614. The lowest BCUT2D eigenvalue weighted by atomic mass is 10.1. The number of fused-ring (bicyclic) bond motifs is 1. The van der Waals surface area contributed by atoms with Crippen molar-refractivity contribution in [3.05, 3.63) is 124 Å². The summed E-state index contributed by atoms with van der Waals surface area (Å²) in [7, 11) is 0. The van der Waals surface area contributed by atoms with E-state index in [1.165, 1.54) is 18.2 Å². The van der Waals surface area contributed by atoms with E-state index < -0.39 is 22.9 Å². The Labute approximate surface area is 215 Å². The monoisotopic (exact) mass is 518 g/mol. The quantitative estimate of drug-likeness (QED) is 0.244. The molecule has 192 valence electrons. The largest absolute Gasteiger partial charge is 0.502 e. The van der Waals surface area contributed by atoms with Gasteiger partial charge in [-0.2, -0.15) is 13.2 Å². The van der Waals surface area contributed by atoms with E-state index in [4.69, 9.17) is 13.9 Å². The van der Waals surface area contributed by atoms with Crippen LogP contribution in [0.25, 0.3) is 22.3 Å². The predicted molar refractivity (Wildman–Crippen MR) is 136 cm³/mol. The van der Waals surface area contributed by atoms with Crippen molar-refractivity contribution in [2.45, 2.75) is 19.4 Å². The molecule has 0 aliphatic heterocycles. The van der Waals surface area contributed by atoms with Gasteiger partial charge in [-0.25, -0.2) is 0 Å². The number of hydrogen-bond donors (Lipinski definition) is 1.